The van der Waals surface area contributed by atoms with Gasteiger partial charge in [0.2, 0.25) is 5.91 Å². The summed E-state index contributed by atoms with van der Waals surface area (Å²) in [5.74, 6) is -0.413. The van der Waals surface area contributed by atoms with Crippen LogP contribution in [0.25, 0.3) is 0 Å². The zero-order chi connectivity index (χ0) is 21.5. The van der Waals surface area contributed by atoms with Gasteiger partial charge in [0.15, 0.2) is 0 Å². The molecule has 0 heterocycles. The van der Waals surface area contributed by atoms with E-state index in [0.29, 0.717) is 24.3 Å². The third-order valence-electron chi connectivity index (χ3n) is 4.73. The molecule has 0 saturated carbocycles. The van der Waals surface area contributed by atoms with Crippen molar-refractivity contribution in [3.8, 4) is 5.75 Å². The van der Waals surface area contributed by atoms with Crippen LogP contribution in [0.15, 0.2) is 66.7 Å². The van der Waals surface area contributed by atoms with Crippen LogP contribution in [0.5, 0.6) is 5.75 Å². The zero-order valence-corrected chi connectivity index (χ0v) is 17.9. The predicted octanol–water partition coefficient (Wildman–Crippen LogP) is 4.52. The lowest BCUT2D eigenvalue weighted by Gasteiger charge is -2.15. The second-order valence-corrected chi connectivity index (χ2v) is 7.17. The number of nitrogens with one attached hydrogen (secondary N) is 1. The van der Waals surface area contributed by atoms with Crippen LogP contribution in [-0.2, 0) is 24.4 Å². The molecule has 164 valence electrons. The summed E-state index contributed by atoms with van der Waals surface area (Å²) in [5, 5.41) is 3.07. The summed E-state index contributed by atoms with van der Waals surface area (Å²) >= 11 is 0. The first-order valence-corrected chi connectivity index (χ1v) is 9.67. The number of primary amides is 1. The fraction of sp³-hybridized carbons (Fsp3) is 0.208. The molecule has 3 aromatic carbocycles. The average Bonchev–Trinajstić information content (AvgIpc) is 2.71. The van der Waals surface area contributed by atoms with E-state index in [1.165, 1.54) is 24.3 Å². The molecule has 0 fully saturated rings. The SMILES string of the molecule is CC(NCc1ccc(OCc2cccc(F)c2)c(Cc2cccc(F)c2)c1)C(N)=O.Cl. The normalized spacial score (nSPS) is 11.5. The van der Waals surface area contributed by atoms with Crippen molar-refractivity contribution in [3.63, 3.8) is 0 Å². The molecule has 4 nitrogen and oxygen atoms in total. The molecule has 0 bridgehead atoms. The quantitative estimate of drug-likeness (QED) is 0.508. The highest BCUT2D eigenvalue weighted by Crippen LogP contribution is 2.25. The maximum absolute atomic E-state index is 13.6. The largest absolute Gasteiger partial charge is 0.489 e. The average molecular weight is 447 g/mol. The van der Waals surface area contributed by atoms with Gasteiger partial charge in [0, 0.05) is 13.0 Å². The Kier molecular flexibility index (Phi) is 8.97. The number of halogens is 3. The molecule has 1 amide bonds. The van der Waals surface area contributed by atoms with Crippen molar-refractivity contribution in [2.45, 2.75) is 32.5 Å². The molecule has 3 aromatic rings. The van der Waals surface area contributed by atoms with Crippen LogP contribution in [-0.4, -0.2) is 11.9 Å². The maximum atomic E-state index is 13.6. The van der Waals surface area contributed by atoms with Crippen molar-refractivity contribution >= 4 is 18.3 Å². The highest BCUT2D eigenvalue weighted by Gasteiger charge is 2.11. The van der Waals surface area contributed by atoms with Crippen LogP contribution in [0.4, 0.5) is 8.78 Å². The molecule has 3 rings (SSSR count). The summed E-state index contributed by atoms with van der Waals surface area (Å²) in [5.41, 5.74) is 8.62. The molecule has 7 heteroatoms. The zero-order valence-electron chi connectivity index (χ0n) is 17.1. The number of carbonyl (C=O) groups is 1. The van der Waals surface area contributed by atoms with Crippen molar-refractivity contribution < 1.29 is 18.3 Å². The minimum atomic E-state index is -0.458. The third kappa shape index (κ3) is 7.35. The Morgan fingerprint density at radius 1 is 0.968 bits per heavy atom. The van der Waals surface area contributed by atoms with E-state index in [2.05, 4.69) is 5.32 Å². The fourth-order valence-electron chi connectivity index (χ4n) is 3.05. The molecule has 31 heavy (non-hydrogen) atoms. The van der Waals surface area contributed by atoms with Gasteiger partial charge in [-0.05, 0) is 59.5 Å². The summed E-state index contributed by atoms with van der Waals surface area (Å²) in [4.78, 5) is 11.2. The molecule has 0 aliphatic carbocycles. The van der Waals surface area contributed by atoms with E-state index in [1.807, 2.05) is 24.3 Å². The summed E-state index contributed by atoms with van der Waals surface area (Å²) < 4.78 is 33.0. The van der Waals surface area contributed by atoms with E-state index in [1.54, 1.807) is 25.1 Å². The second kappa shape index (κ2) is 11.4. The second-order valence-electron chi connectivity index (χ2n) is 7.17. The number of carbonyl (C=O) groups excluding carboxylic acids is 1. The number of benzene rings is 3. The summed E-state index contributed by atoms with van der Waals surface area (Å²) in [6.45, 7) is 2.36. The maximum Gasteiger partial charge on any atom is 0.234 e. The van der Waals surface area contributed by atoms with E-state index < -0.39 is 11.9 Å². The topological polar surface area (TPSA) is 64.3 Å². The molecular formula is C24H25ClF2N2O2. The lowest BCUT2D eigenvalue weighted by Crippen LogP contribution is -2.38. The molecule has 3 N–H and O–H groups in total. The van der Waals surface area contributed by atoms with E-state index in [4.69, 9.17) is 10.5 Å². The first-order chi connectivity index (χ1) is 14.4. The minimum absolute atomic E-state index is 0. The van der Waals surface area contributed by atoms with Gasteiger partial charge in [0.1, 0.15) is 24.0 Å². The van der Waals surface area contributed by atoms with Crippen LogP contribution < -0.4 is 15.8 Å². The molecule has 0 spiro atoms. The Labute approximate surface area is 186 Å². The van der Waals surface area contributed by atoms with Gasteiger partial charge >= 0.3 is 0 Å². The molecule has 1 unspecified atom stereocenters. The summed E-state index contributed by atoms with van der Waals surface area (Å²) in [7, 11) is 0. The van der Waals surface area contributed by atoms with Crippen molar-refractivity contribution in [2.24, 2.45) is 5.73 Å². The lowest BCUT2D eigenvalue weighted by atomic mass is 10.0. The van der Waals surface area contributed by atoms with E-state index >= 15 is 0 Å². The number of amides is 1. The standard InChI is InChI=1S/C24H24F2N2O2.ClH/c1-16(24(27)29)28-14-18-8-9-23(30-15-19-5-3-7-22(26)13-19)20(11-18)10-17-4-2-6-21(25)12-17;/h2-9,11-13,16,28H,10,14-15H2,1H3,(H2,27,29);1H. The van der Waals surface area contributed by atoms with Crippen LogP contribution in [0, 0.1) is 11.6 Å². The van der Waals surface area contributed by atoms with Crippen molar-refractivity contribution in [3.05, 3.63) is 101 Å². The van der Waals surface area contributed by atoms with Crippen molar-refractivity contribution in [2.75, 3.05) is 0 Å². The van der Waals surface area contributed by atoms with Gasteiger partial charge in [-0.1, -0.05) is 36.4 Å². The molecule has 0 aromatic heterocycles. The van der Waals surface area contributed by atoms with Crippen LogP contribution in [0.3, 0.4) is 0 Å². The first-order valence-electron chi connectivity index (χ1n) is 9.67. The third-order valence-corrected chi connectivity index (χ3v) is 4.73. The number of nitrogens with two attached hydrogens (primary N) is 1. The Hall–Kier alpha value is -2.96. The Morgan fingerprint density at radius 3 is 2.26 bits per heavy atom. The molecule has 0 radical (unpaired) electrons. The number of hydrogen-bond donors (Lipinski definition) is 2. The van der Waals surface area contributed by atoms with Crippen molar-refractivity contribution in [1.82, 2.24) is 5.32 Å². The molecule has 0 saturated heterocycles. The van der Waals surface area contributed by atoms with Gasteiger partial charge in [-0.3, -0.25) is 4.79 Å². The van der Waals surface area contributed by atoms with Gasteiger partial charge in [0.05, 0.1) is 6.04 Å². The van der Waals surface area contributed by atoms with Gasteiger partial charge in [-0.2, -0.15) is 0 Å². The minimum Gasteiger partial charge on any atom is -0.489 e. The molecule has 0 aliphatic heterocycles. The summed E-state index contributed by atoms with van der Waals surface area (Å²) in [6, 6.07) is 17.8. The van der Waals surface area contributed by atoms with E-state index in [0.717, 1.165) is 16.7 Å². The van der Waals surface area contributed by atoms with Crippen LogP contribution in [0.1, 0.15) is 29.2 Å². The van der Waals surface area contributed by atoms with Crippen LogP contribution in [0.2, 0.25) is 0 Å². The fourth-order valence-corrected chi connectivity index (χ4v) is 3.05. The first kappa shape index (κ1) is 24.3. The van der Waals surface area contributed by atoms with Gasteiger partial charge < -0.3 is 15.8 Å². The number of hydrogen-bond acceptors (Lipinski definition) is 3. The van der Waals surface area contributed by atoms with Crippen LogP contribution >= 0.6 is 12.4 Å². The van der Waals surface area contributed by atoms with Gasteiger partial charge in [-0.25, -0.2) is 8.78 Å². The highest BCUT2D eigenvalue weighted by atomic mass is 35.5. The molecule has 1 atom stereocenters. The molecular weight excluding hydrogens is 422 g/mol. The predicted molar refractivity (Wildman–Crippen MR) is 119 cm³/mol. The smallest absolute Gasteiger partial charge is 0.234 e. The lowest BCUT2D eigenvalue weighted by molar-refractivity contribution is -0.119. The highest BCUT2D eigenvalue weighted by molar-refractivity contribution is 5.85. The van der Waals surface area contributed by atoms with Gasteiger partial charge in [0.25, 0.3) is 0 Å². The Morgan fingerprint density at radius 2 is 1.61 bits per heavy atom. The van der Waals surface area contributed by atoms with E-state index in [-0.39, 0.29) is 30.6 Å². The monoisotopic (exact) mass is 446 g/mol. The van der Waals surface area contributed by atoms with Gasteiger partial charge in [-0.15, -0.1) is 12.4 Å². The number of ether oxygens (including phenoxy) is 1. The van der Waals surface area contributed by atoms with E-state index in [9.17, 15) is 13.6 Å². The molecule has 0 aliphatic rings. The van der Waals surface area contributed by atoms with Crippen molar-refractivity contribution in [1.29, 1.82) is 0 Å². The number of rotatable bonds is 9. The Bertz CT molecular complexity index is 1030. The summed E-state index contributed by atoms with van der Waals surface area (Å²) in [6.07, 6.45) is 0.468. The Balaban J connectivity index is 0.00000341.